The summed E-state index contributed by atoms with van der Waals surface area (Å²) in [7, 11) is 3.28. The van der Waals surface area contributed by atoms with Gasteiger partial charge in [0, 0.05) is 43.9 Å². The lowest BCUT2D eigenvalue weighted by Gasteiger charge is -2.28. The topological polar surface area (TPSA) is 59.5 Å². The number of rotatable bonds is 6. The molecule has 0 bridgehead atoms. The summed E-state index contributed by atoms with van der Waals surface area (Å²) in [6.07, 6.45) is 2.84. The van der Waals surface area contributed by atoms with Crippen molar-refractivity contribution in [2.24, 2.45) is 0 Å². The summed E-state index contributed by atoms with van der Waals surface area (Å²) < 4.78 is 10.7. The molecule has 1 aliphatic heterocycles. The maximum atomic E-state index is 5.43. The largest absolute Gasteiger partial charge is 0.497 e. The Balaban J connectivity index is 1.48. The van der Waals surface area contributed by atoms with Crippen LogP contribution in [0.2, 0.25) is 0 Å². The van der Waals surface area contributed by atoms with Gasteiger partial charge >= 0.3 is 0 Å². The van der Waals surface area contributed by atoms with Crippen LogP contribution < -0.4 is 14.8 Å². The first-order valence-corrected chi connectivity index (χ1v) is 9.76. The van der Waals surface area contributed by atoms with Crippen molar-refractivity contribution in [2.45, 2.75) is 26.4 Å². The number of anilines is 2. The molecule has 0 aliphatic carbocycles. The van der Waals surface area contributed by atoms with E-state index in [2.05, 4.69) is 46.4 Å². The zero-order valence-electron chi connectivity index (χ0n) is 17.1. The number of nitrogens with one attached hydrogen (secondary N) is 1. The van der Waals surface area contributed by atoms with Crippen molar-refractivity contribution < 1.29 is 9.47 Å². The second kappa shape index (κ2) is 8.49. The Kier molecular flexibility index (Phi) is 5.62. The number of aromatic nitrogens is 2. The molecule has 0 radical (unpaired) electrons. The minimum absolute atomic E-state index is 0.572. The molecular weight excluding hydrogens is 364 g/mol. The van der Waals surface area contributed by atoms with Crippen molar-refractivity contribution in [2.75, 3.05) is 26.1 Å². The molecule has 0 saturated carbocycles. The van der Waals surface area contributed by atoms with Gasteiger partial charge in [0.15, 0.2) is 0 Å². The lowest BCUT2D eigenvalue weighted by atomic mass is 10.1. The van der Waals surface area contributed by atoms with E-state index in [-0.39, 0.29) is 0 Å². The fraction of sp³-hybridized carbons (Fsp3) is 0.304. The van der Waals surface area contributed by atoms with Gasteiger partial charge in [-0.2, -0.15) is 0 Å². The number of methoxy groups -OCH3 is 2. The van der Waals surface area contributed by atoms with Crippen molar-refractivity contribution in [1.29, 1.82) is 0 Å². The smallest absolute Gasteiger partial charge is 0.227 e. The molecule has 6 heteroatoms. The third-order valence-electron chi connectivity index (χ3n) is 5.15. The lowest BCUT2D eigenvalue weighted by Crippen LogP contribution is -2.31. The second-order valence-corrected chi connectivity index (χ2v) is 7.31. The van der Waals surface area contributed by atoms with Crippen LogP contribution in [-0.2, 0) is 19.5 Å². The Hall–Kier alpha value is -3.12. The molecule has 0 spiro atoms. The average molecular weight is 390 g/mol. The molecule has 0 saturated heterocycles. The summed E-state index contributed by atoms with van der Waals surface area (Å²) in [5.41, 5.74) is 5.71. The summed E-state index contributed by atoms with van der Waals surface area (Å²) in [5, 5.41) is 3.26. The van der Waals surface area contributed by atoms with Crippen molar-refractivity contribution >= 4 is 11.6 Å². The van der Waals surface area contributed by atoms with Gasteiger partial charge in [0.25, 0.3) is 0 Å². The van der Waals surface area contributed by atoms with E-state index in [9.17, 15) is 0 Å². The first kappa shape index (κ1) is 19.2. The standard InChI is InChI=1S/C23H26N4O2/c1-16-5-4-6-17(11-16)14-27-10-9-20-18(15-27)13-24-23(25-20)26-21-12-19(28-2)7-8-22(21)29-3/h4-8,11-13H,9-10,14-15H2,1-3H3,(H,24,25,26). The van der Waals surface area contributed by atoms with Gasteiger partial charge in [-0.3, -0.25) is 4.90 Å². The highest BCUT2D eigenvalue weighted by atomic mass is 16.5. The highest BCUT2D eigenvalue weighted by molar-refractivity contribution is 5.65. The molecule has 6 nitrogen and oxygen atoms in total. The Morgan fingerprint density at radius 3 is 2.79 bits per heavy atom. The van der Waals surface area contributed by atoms with Crippen LogP contribution in [-0.4, -0.2) is 35.6 Å². The third-order valence-corrected chi connectivity index (χ3v) is 5.15. The zero-order chi connectivity index (χ0) is 20.2. The lowest BCUT2D eigenvalue weighted by molar-refractivity contribution is 0.243. The molecule has 0 fully saturated rings. The molecule has 29 heavy (non-hydrogen) atoms. The molecule has 0 unspecified atom stereocenters. The molecule has 4 rings (SSSR count). The zero-order valence-corrected chi connectivity index (χ0v) is 17.1. The van der Waals surface area contributed by atoms with E-state index >= 15 is 0 Å². The predicted octanol–water partition coefficient (Wildman–Crippen LogP) is 4.10. The van der Waals surface area contributed by atoms with E-state index in [0.717, 1.165) is 48.9 Å². The average Bonchev–Trinajstić information content (AvgIpc) is 2.74. The molecule has 1 aliphatic rings. The summed E-state index contributed by atoms with van der Waals surface area (Å²) in [5.74, 6) is 2.04. The number of nitrogens with zero attached hydrogens (tertiary/aromatic N) is 3. The molecule has 1 aromatic heterocycles. The Labute approximate surface area is 171 Å². The van der Waals surface area contributed by atoms with Crippen LogP contribution in [0.25, 0.3) is 0 Å². The molecule has 0 atom stereocenters. The monoisotopic (exact) mass is 390 g/mol. The van der Waals surface area contributed by atoms with Gasteiger partial charge in [-0.15, -0.1) is 0 Å². The minimum Gasteiger partial charge on any atom is -0.497 e. The van der Waals surface area contributed by atoms with E-state index in [4.69, 9.17) is 14.5 Å². The number of ether oxygens (including phenoxy) is 2. The highest BCUT2D eigenvalue weighted by Crippen LogP contribution is 2.31. The van der Waals surface area contributed by atoms with Crippen LogP contribution in [0.5, 0.6) is 11.5 Å². The first-order valence-electron chi connectivity index (χ1n) is 9.76. The molecule has 3 aromatic rings. The van der Waals surface area contributed by atoms with Crippen molar-refractivity contribution in [3.8, 4) is 11.5 Å². The SMILES string of the molecule is COc1ccc(OC)c(Nc2ncc3c(n2)CCN(Cc2cccc(C)c2)C3)c1. The maximum absolute atomic E-state index is 5.43. The molecule has 0 amide bonds. The summed E-state index contributed by atoms with van der Waals surface area (Å²) in [4.78, 5) is 11.7. The number of benzene rings is 2. The summed E-state index contributed by atoms with van der Waals surface area (Å²) >= 11 is 0. The highest BCUT2D eigenvalue weighted by Gasteiger charge is 2.19. The summed E-state index contributed by atoms with van der Waals surface area (Å²) in [6.45, 7) is 4.93. The quantitative estimate of drug-likeness (QED) is 0.684. The van der Waals surface area contributed by atoms with Crippen molar-refractivity contribution in [1.82, 2.24) is 14.9 Å². The summed E-state index contributed by atoms with van der Waals surface area (Å²) in [6, 6.07) is 14.3. The Morgan fingerprint density at radius 1 is 1.10 bits per heavy atom. The molecule has 2 aromatic carbocycles. The van der Waals surface area contributed by atoms with E-state index < -0.39 is 0 Å². The van der Waals surface area contributed by atoms with Crippen LogP contribution >= 0.6 is 0 Å². The maximum Gasteiger partial charge on any atom is 0.227 e. The van der Waals surface area contributed by atoms with Gasteiger partial charge in [-0.1, -0.05) is 29.8 Å². The predicted molar refractivity (Wildman–Crippen MR) is 114 cm³/mol. The van der Waals surface area contributed by atoms with Crippen LogP contribution in [0, 0.1) is 6.92 Å². The van der Waals surface area contributed by atoms with E-state index in [1.807, 2.05) is 24.4 Å². The van der Waals surface area contributed by atoms with Gasteiger partial charge in [-0.05, 0) is 24.6 Å². The first-order chi connectivity index (χ1) is 14.1. The van der Waals surface area contributed by atoms with E-state index in [1.165, 1.54) is 16.7 Å². The van der Waals surface area contributed by atoms with Gasteiger partial charge < -0.3 is 14.8 Å². The number of fused-ring (bicyclic) bond motifs is 1. The fourth-order valence-corrected chi connectivity index (χ4v) is 3.67. The third kappa shape index (κ3) is 4.49. The Morgan fingerprint density at radius 2 is 2.00 bits per heavy atom. The number of aryl methyl sites for hydroxylation is 1. The van der Waals surface area contributed by atoms with Gasteiger partial charge in [0.05, 0.1) is 25.6 Å². The number of hydrogen-bond donors (Lipinski definition) is 1. The minimum atomic E-state index is 0.572. The molecule has 2 heterocycles. The Bertz CT molecular complexity index is 1010. The van der Waals surface area contributed by atoms with Crippen molar-refractivity contribution in [3.05, 3.63) is 71.0 Å². The van der Waals surface area contributed by atoms with Gasteiger partial charge in [0.1, 0.15) is 11.5 Å². The normalized spacial score (nSPS) is 13.6. The van der Waals surface area contributed by atoms with Crippen LogP contribution in [0.4, 0.5) is 11.6 Å². The van der Waals surface area contributed by atoms with Crippen LogP contribution in [0.15, 0.2) is 48.7 Å². The van der Waals surface area contributed by atoms with E-state index in [0.29, 0.717) is 5.95 Å². The van der Waals surface area contributed by atoms with Gasteiger partial charge in [0.2, 0.25) is 5.95 Å². The van der Waals surface area contributed by atoms with Crippen molar-refractivity contribution in [3.63, 3.8) is 0 Å². The van der Waals surface area contributed by atoms with Crippen LogP contribution in [0.1, 0.15) is 22.4 Å². The fourth-order valence-electron chi connectivity index (χ4n) is 3.67. The van der Waals surface area contributed by atoms with Gasteiger partial charge in [-0.25, -0.2) is 9.97 Å². The second-order valence-electron chi connectivity index (χ2n) is 7.31. The molecule has 150 valence electrons. The molecular formula is C23H26N4O2. The van der Waals surface area contributed by atoms with Crippen LogP contribution in [0.3, 0.4) is 0 Å². The molecule has 1 N–H and O–H groups in total. The van der Waals surface area contributed by atoms with E-state index in [1.54, 1.807) is 14.2 Å². The number of hydrogen-bond acceptors (Lipinski definition) is 6.